The Morgan fingerprint density at radius 2 is 2.11 bits per heavy atom. The third-order valence-corrected chi connectivity index (χ3v) is 4.71. The van der Waals surface area contributed by atoms with Crippen molar-refractivity contribution in [2.45, 2.75) is 10.7 Å². The van der Waals surface area contributed by atoms with Crippen LogP contribution in [0.1, 0.15) is 15.2 Å². The van der Waals surface area contributed by atoms with Gasteiger partial charge in [-0.15, -0.1) is 22.7 Å². The van der Waals surface area contributed by atoms with E-state index in [-0.39, 0.29) is 9.77 Å². The van der Waals surface area contributed by atoms with E-state index >= 15 is 0 Å². The summed E-state index contributed by atoms with van der Waals surface area (Å²) in [7, 11) is 0. The number of anilines is 1. The number of nitriles is 1. The van der Waals surface area contributed by atoms with Crippen LogP contribution in [0.5, 0.6) is 0 Å². The van der Waals surface area contributed by atoms with Crippen LogP contribution in [0, 0.1) is 11.3 Å². The van der Waals surface area contributed by atoms with Crippen molar-refractivity contribution < 1.29 is 13.6 Å². The molecule has 2 heterocycles. The number of alkyl halides is 2. The Hall–Kier alpha value is -1.43. The van der Waals surface area contributed by atoms with Crippen LogP contribution in [0.3, 0.4) is 0 Å². The summed E-state index contributed by atoms with van der Waals surface area (Å²) in [6.45, 7) is 0. The van der Waals surface area contributed by atoms with Gasteiger partial charge in [-0.25, -0.2) is 0 Å². The van der Waals surface area contributed by atoms with Gasteiger partial charge in [0.2, 0.25) is 0 Å². The predicted molar refractivity (Wildman–Crippen MR) is 73.2 cm³/mol. The summed E-state index contributed by atoms with van der Waals surface area (Å²) >= 11 is 2.64. The van der Waals surface area contributed by atoms with E-state index < -0.39 is 11.7 Å². The van der Waals surface area contributed by atoms with Gasteiger partial charge < -0.3 is 5.32 Å². The molecule has 0 aliphatic heterocycles. The summed E-state index contributed by atoms with van der Waals surface area (Å²) < 4.78 is 24.7. The summed E-state index contributed by atoms with van der Waals surface area (Å²) in [5, 5.41) is 15.1. The lowest BCUT2D eigenvalue weighted by Gasteiger charge is -2.04. The smallest absolute Gasteiger partial charge is 0.288 e. The molecule has 1 amide bonds. The van der Waals surface area contributed by atoms with Gasteiger partial charge >= 0.3 is 0 Å². The van der Waals surface area contributed by atoms with Gasteiger partial charge in [0.1, 0.15) is 15.9 Å². The molecule has 2 rings (SSSR count). The summed E-state index contributed by atoms with van der Waals surface area (Å²) in [4.78, 5) is 12.4. The number of rotatable bonds is 4. The molecule has 98 valence electrons. The number of carbonyl (C=O) groups excluding carboxylic acids is 1. The molecule has 0 saturated heterocycles. The fraction of sp³-hybridized carbons (Fsp3) is 0.0909. The molecule has 2 aromatic rings. The first-order valence-corrected chi connectivity index (χ1v) is 7.57. The Labute approximate surface area is 119 Å². The van der Waals surface area contributed by atoms with E-state index in [9.17, 15) is 13.6 Å². The van der Waals surface area contributed by atoms with Crippen LogP contribution in [0.25, 0.3) is 0 Å². The molecule has 0 saturated carbocycles. The van der Waals surface area contributed by atoms with Gasteiger partial charge in [-0.1, -0.05) is 11.8 Å². The fourth-order valence-corrected chi connectivity index (χ4v) is 3.63. The maximum absolute atomic E-state index is 12.3. The fourth-order valence-electron chi connectivity index (χ4n) is 1.31. The molecular formula is C11H6F2N2OS3. The third kappa shape index (κ3) is 3.32. The van der Waals surface area contributed by atoms with Gasteiger partial charge in [-0.2, -0.15) is 14.0 Å². The Bertz CT molecular complexity index is 630. The van der Waals surface area contributed by atoms with Gasteiger partial charge in [0, 0.05) is 4.90 Å². The van der Waals surface area contributed by atoms with Crippen LogP contribution in [-0.2, 0) is 0 Å². The van der Waals surface area contributed by atoms with Crippen LogP contribution < -0.4 is 5.32 Å². The number of nitrogens with one attached hydrogen (secondary N) is 1. The number of carbonyl (C=O) groups is 1. The number of thioether (sulfide) groups is 1. The van der Waals surface area contributed by atoms with Crippen molar-refractivity contribution in [3.63, 3.8) is 0 Å². The molecular weight excluding hydrogens is 310 g/mol. The summed E-state index contributed by atoms with van der Waals surface area (Å²) in [6.07, 6.45) is 0. The van der Waals surface area contributed by atoms with E-state index in [4.69, 9.17) is 5.26 Å². The Balaban J connectivity index is 2.17. The van der Waals surface area contributed by atoms with Gasteiger partial charge in [0.05, 0.1) is 5.56 Å². The monoisotopic (exact) mass is 316 g/mol. The Kier molecular flexibility index (Phi) is 4.52. The second kappa shape index (κ2) is 6.14. The molecule has 8 heteroatoms. The first-order valence-electron chi connectivity index (χ1n) is 4.93. The molecule has 0 fully saturated rings. The summed E-state index contributed by atoms with van der Waals surface area (Å²) in [5.74, 6) is -3.05. The zero-order chi connectivity index (χ0) is 13.8. The van der Waals surface area contributed by atoms with Crippen molar-refractivity contribution in [1.82, 2.24) is 0 Å². The number of halogens is 2. The number of nitrogens with zero attached hydrogens (tertiary/aromatic N) is 1. The second-order valence-electron chi connectivity index (χ2n) is 3.22. The van der Waals surface area contributed by atoms with E-state index in [2.05, 4.69) is 5.32 Å². The zero-order valence-electron chi connectivity index (χ0n) is 9.22. The van der Waals surface area contributed by atoms with E-state index in [0.29, 0.717) is 22.3 Å². The van der Waals surface area contributed by atoms with E-state index in [1.165, 1.54) is 17.4 Å². The van der Waals surface area contributed by atoms with Gasteiger partial charge in [0.15, 0.2) is 0 Å². The number of hydrogen-bond donors (Lipinski definition) is 1. The molecule has 0 radical (unpaired) electrons. The molecule has 0 aliphatic carbocycles. The number of thiophene rings is 2. The number of amides is 1. The third-order valence-electron chi connectivity index (χ3n) is 2.06. The maximum atomic E-state index is 12.3. The lowest BCUT2D eigenvalue weighted by Crippen LogP contribution is -2.11. The molecule has 0 bridgehead atoms. The lowest BCUT2D eigenvalue weighted by atomic mass is 10.3. The molecule has 3 nitrogen and oxygen atoms in total. The highest BCUT2D eigenvalue weighted by atomic mass is 32.2. The zero-order valence-corrected chi connectivity index (χ0v) is 11.7. The minimum atomic E-state index is -2.57. The quantitative estimate of drug-likeness (QED) is 0.858. The molecule has 2 aromatic heterocycles. The first kappa shape index (κ1) is 14.0. The van der Waals surface area contributed by atoms with Crippen LogP contribution in [0.2, 0.25) is 0 Å². The highest BCUT2D eigenvalue weighted by Crippen LogP contribution is 2.33. The summed E-state index contributed by atoms with van der Waals surface area (Å²) in [6, 6.07) is 5.02. The van der Waals surface area contributed by atoms with Crippen LogP contribution in [0.15, 0.2) is 27.8 Å². The van der Waals surface area contributed by atoms with Crippen molar-refractivity contribution in [2.24, 2.45) is 0 Å². The lowest BCUT2D eigenvalue weighted by molar-refractivity contribution is 0.102. The molecule has 0 atom stereocenters. The van der Waals surface area contributed by atoms with Crippen LogP contribution in [-0.4, -0.2) is 11.7 Å². The average Bonchev–Trinajstić information content (AvgIpc) is 2.97. The SMILES string of the molecule is N#Cc1ccsc1NC(=O)c1sccc1SC(F)F. The molecule has 19 heavy (non-hydrogen) atoms. The number of hydrogen-bond acceptors (Lipinski definition) is 5. The standard InChI is InChI=1S/C11H6F2N2OS3/c12-11(13)19-7-2-4-17-8(7)9(16)15-10-6(5-14)1-3-18-10/h1-4,11H,(H,15,16). The van der Waals surface area contributed by atoms with Gasteiger partial charge in [0.25, 0.3) is 11.7 Å². The molecule has 0 aromatic carbocycles. The maximum Gasteiger partial charge on any atom is 0.288 e. The first-order chi connectivity index (χ1) is 9.11. The van der Waals surface area contributed by atoms with Gasteiger partial charge in [-0.05, 0) is 22.9 Å². The van der Waals surface area contributed by atoms with Crippen LogP contribution in [0.4, 0.5) is 13.8 Å². The van der Waals surface area contributed by atoms with Crippen molar-refractivity contribution in [1.29, 1.82) is 5.26 Å². The minimum Gasteiger partial charge on any atom is -0.312 e. The predicted octanol–water partition coefficient (Wildman–Crippen LogP) is 4.25. The molecule has 1 N–H and O–H groups in total. The van der Waals surface area contributed by atoms with E-state index in [1.807, 2.05) is 6.07 Å². The van der Waals surface area contributed by atoms with E-state index in [1.54, 1.807) is 16.8 Å². The van der Waals surface area contributed by atoms with Crippen molar-refractivity contribution in [3.05, 3.63) is 33.3 Å². The average molecular weight is 316 g/mol. The minimum absolute atomic E-state index is 0.225. The molecule has 0 spiro atoms. The van der Waals surface area contributed by atoms with Crippen molar-refractivity contribution >= 4 is 45.3 Å². The normalized spacial score (nSPS) is 10.4. The topological polar surface area (TPSA) is 52.9 Å². The largest absolute Gasteiger partial charge is 0.312 e. The second-order valence-corrected chi connectivity index (χ2v) is 6.09. The van der Waals surface area contributed by atoms with Crippen molar-refractivity contribution in [3.8, 4) is 6.07 Å². The van der Waals surface area contributed by atoms with Crippen LogP contribution >= 0.6 is 34.4 Å². The highest BCUT2D eigenvalue weighted by molar-refractivity contribution is 7.99. The van der Waals surface area contributed by atoms with E-state index in [0.717, 1.165) is 11.3 Å². The molecule has 0 aliphatic rings. The van der Waals surface area contributed by atoms with Gasteiger partial charge in [-0.3, -0.25) is 4.79 Å². The Morgan fingerprint density at radius 3 is 2.79 bits per heavy atom. The molecule has 0 unspecified atom stereocenters. The van der Waals surface area contributed by atoms with Crippen molar-refractivity contribution in [2.75, 3.05) is 5.32 Å². The Morgan fingerprint density at radius 1 is 1.37 bits per heavy atom. The highest BCUT2D eigenvalue weighted by Gasteiger charge is 2.18. The summed E-state index contributed by atoms with van der Waals surface area (Å²) in [5.41, 5.74) is 0.359.